The molecule has 36 heavy (non-hydrogen) atoms. The van der Waals surface area contributed by atoms with Gasteiger partial charge in [0.15, 0.2) is 0 Å². The molecule has 0 spiro atoms. The quantitative estimate of drug-likeness (QED) is 0.246. The van der Waals surface area contributed by atoms with Crippen molar-refractivity contribution in [3.63, 3.8) is 0 Å². The second kappa shape index (κ2) is 13.6. The van der Waals surface area contributed by atoms with Crippen molar-refractivity contribution >= 4 is 39.9 Å². The van der Waals surface area contributed by atoms with Crippen LogP contribution in [0.25, 0.3) is 10.8 Å². The van der Waals surface area contributed by atoms with Crippen LogP contribution in [0.1, 0.15) is 25.7 Å². The van der Waals surface area contributed by atoms with Gasteiger partial charge in [0, 0.05) is 53.1 Å². The molecular formula is C28H35Cl2NO5. The molecule has 1 heterocycles. The fourth-order valence-corrected chi connectivity index (χ4v) is 5.70. The van der Waals surface area contributed by atoms with E-state index in [1.54, 1.807) is 0 Å². The zero-order valence-corrected chi connectivity index (χ0v) is 22.0. The van der Waals surface area contributed by atoms with Crippen LogP contribution in [0.4, 0.5) is 0 Å². The molecule has 2 aliphatic rings. The third kappa shape index (κ3) is 7.36. The first-order chi connectivity index (χ1) is 17.5. The second-order valence-corrected chi connectivity index (χ2v) is 10.4. The van der Waals surface area contributed by atoms with E-state index in [-0.39, 0.29) is 23.2 Å². The average Bonchev–Trinajstić information content (AvgIpc) is 3.16. The SMILES string of the molecule is O=C(CC/C=C\C[C@@H]1[C@@H](COc2ccc(Cl)c3ccccc23)[C@H](O)C[C@H]1Cl)OCCN1CCOCC1. The largest absolute Gasteiger partial charge is 0.493 e. The lowest BCUT2D eigenvalue weighted by Crippen LogP contribution is -2.38. The Bertz CT molecular complexity index is 1030. The number of ether oxygens (including phenoxy) is 3. The summed E-state index contributed by atoms with van der Waals surface area (Å²) >= 11 is 12.9. The number of nitrogens with zero attached hydrogens (tertiary/aromatic N) is 1. The number of benzene rings is 2. The molecule has 0 bridgehead atoms. The molecule has 1 aliphatic carbocycles. The minimum Gasteiger partial charge on any atom is -0.493 e. The number of allylic oxidation sites excluding steroid dienone is 2. The van der Waals surface area contributed by atoms with Crippen molar-refractivity contribution in [2.45, 2.75) is 37.2 Å². The van der Waals surface area contributed by atoms with Crippen LogP contribution in [-0.2, 0) is 14.3 Å². The normalized spacial score (nSPS) is 25.0. The molecule has 2 aromatic rings. The molecule has 8 heteroatoms. The number of hydrogen-bond donors (Lipinski definition) is 1. The molecule has 1 aliphatic heterocycles. The van der Waals surface area contributed by atoms with Gasteiger partial charge in [-0.25, -0.2) is 0 Å². The molecule has 2 aromatic carbocycles. The molecule has 0 unspecified atom stereocenters. The molecule has 1 saturated heterocycles. The first-order valence-electron chi connectivity index (χ1n) is 12.8. The van der Waals surface area contributed by atoms with Crippen molar-refractivity contribution in [3.8, 4) is 5.75 Å². The highest BCUT2D eigenvalue weighted by Gasteiger charge is 2.41. The van der Waals surface area contributed by atoms with Crippen LogP contribution < -0.4 is 4.74 Å². The van der Waals surface area contributed by atoms with Gasteiger partial charge < -0.3 is 19.3 Å². The number of aliphatic hydroxyl groups is 1. The zero-order valence-electron chi connectivity index (χ0n) is 20.5. The molecule has 0 amide bonds. The number of halogens is 2. The monoisotopic (exact) mass is 535 g/mol. The van der Waals surface area contributed by atoms with Crippen molar-refractivity contribution in [2.24, 2.45) is 11.8 Å². The molecule has 0 aromatic heterocycles. The number of aliphatic hydroxyl groups excluding tert-OH is 1. The van der Waals surface area contributed by atoms with Gasteiger partial charge in [0.1, 0.15) is 12.4 Å². The summed E-state index contributed by atoms with van der Waals surface area (Å²) in [6.45, 7) is 4.81. The Labute approximate surface area is 223 Å². The van der Waals surface area contributed by atoms with Crippen molar-refractivity contribution < 1.29 is 24.1 Å². The number of alkyl halides is 1. The Hall–Kier alpha value is -1.83. The van der Waals surface area contributed by atoms with E-state index in [4.69, 9.17) is 37.4 Å². The number of hydrogen-bond acceptors (Lipinski definition) is 6. The molecule has 1 saturated carbocycles. The van der Waals surface area contributed by atoms with Gasteiger partial charge in [-0.05, 0) is 37.3 Å². The van der Waals surface area contributed by atoms with E-state index in [1.165, 1.54) is 0 Å². The summed E-state index contributed by atoms with van der Waals surface area (Å²) < 4.78 is 16.8. The van der Waals surface area contributed by atoms with Crippen LogP contribution >= 0.6 is 23.2 Å². The Balaban J connectivity index is 1.21. The van der Waals surface area contributed by atoms with E-state index in [0.29, 0.717) is 37.5 Å². The minimum absolute atomic E-state index is 0.0725. The highest BCUT2D eigenvalue weighted by atomic mass is 35.5. The smallest absolute Gasteiger partial charge is 0.306 e. The Morgan fingerprint density at radius 2 is 1.89 bits per heavy atom. The topological polar surface area (TPSA) is 68.2 Å². The number of esters is 1. The molecular weight excluding hydrogens is 501 g/mol. The van der Waals surface area contributed by atoms with Gasteiger partial charge in [-0.1, -0.05) is 48.0 Å². The molecule has 6 nitrogen and oxygen atoms in total. The Morgan fingerprint density at radius 1 is 1.11 bits per heavy atom. The minimum atomic E-state index is -0.508. The van der Waals surface area contributed by atoms with Gasteiger partial charge in [-0.3, -0.25) is 9.69 Å². The van der Waals surface area contributed by atoms with Gasteiger partial charge in [0.05, 0.1) is 25.9 Å². The number of rotatable bonds is 11. The van der Waals surface area contributed by atoms with Gasteiger partial charge >= 0.3 is 5.97 Å². The van der Waals surface area contributed by atoms with Gasteiger partial charge in [0.2, 0.25) is 0 Å². The van der Waals surface area contributed by atoms with Crippen LogP contribution in [0, 0.1) is 11.8 Å². The van der Waals surface area contributed by atoms with E-state index < -0.39 is 6.10 Å². The van der Waals surface area contributed by atoms with Crippen LogP contribution in [0.15, 0.2) is 48.6 Å². The molecule has 1 N–H and O–H groups in total. The number of morpholine rings is 1. The van der Waals surface area contributed by atoms with E-state index in [0.717, 1.165) is 55.8 Å². The van der Waals surface area contributed by atoms with Crippen molar-refractivity contribution in [1.82, 2.24) is 4.90 Å². The highest BCUT2D eigenvalue weighted by Crippen LogP contribution is 2.40. The summed E-state index contributed by atoms with van der Waals surface area (Å²) in [6, 6.07) is 11.6. The van der Waals surface area contributed by atoms with Crippen LogP contribution in [0.2, 0.25) is 5.02 Å². The van der Waals surface area contributed by atoms with E-state index >= 15 is 0 Å². The summed E-state index contributed by atoms with van der Waals surface area (Å²) in [5.74, 6) is 0.594. The fraction of sp³-hybridized carbons (Fsp3) is 0.536. The summed E-state index contributed by atoms with van der Waals surface area (Å²) in [4.78, 5) is 14.2. The maximum atomic E-state index is 12.0. The number of carbonyl (C=O) groups is 1. The Kier molecular flexibility index (Phi) is 10.3. The summed E-state index contributed by atoms with van der Waals surface area (Å²) in [5, 5.41) is 13.1. The standard InChI is InChI=1S/C28H35Cl2NO5/c29-24-10-11-27(22-8-5-4-7-20(22)24)36-19-23-21(25(30)18-26(23)32)6-2-1-3-9-28(33)35-17-14-31-12-15-34-16-13-31/h1-2,4-5,7-8,10-11,21,23,25-26,32H,3,6,9,12-19H2/b2-1-/t21-,23-,25-,26-/m1/s1. The van der Waals surface area contributed by atoms with E-state index in [9.17, 15) is 9.90 Å². The zero-order chi connectivity index (χ0) is 25.3. The lowest BCUT2D eigenvalue weighted by molar-refractivity contribution is -0.144. The van der Waals surface area contributed by atoms with E-state index in [1.807, 2.05) is 42.5 Å². The van der Waals surface area contributed by atoms with Gasteiger partial charge in [0.25, 0.3) is 0 Å². The predicted octanol–water partition coefficient (Wildman–Crippen LogP) is 5.08. The summed E-state index contributed by atoms with van der Waals surface area (Å²) in [5.41, 5.74) is 0. The fourth-order valence-electron chi connectivity index (χ4n) is 5.00. The van der Waals surface area contributed by atoms with Crippen LogP contribution in [-0.4, -0.2) is 73.5 Å². The van der Waals surface area contributed by atoms with Gasteiger partial charge in [-0.2, -0.15) is 0 Å². The number of carbonyl (C=O) groups excluding carboxylic acids is 1. The summed E-state index contributed by atoms with van der Waals surface area (Å²) in [6.07, 6.45) is 5.80. The predicted molar refractivity (Wildman–Crippen MR) is 143 cm³/mol. The van der Waals surface area contributed by atoms with Crippen molar-refractivity contribution in [3.05, 3.63) is 53.6 Å². The number of fused-ring (bicyclic) bond motifs is 1. The lowest BCUT2D eigenvalue weighted by atomic mass is 9.92. The third-order valence-electron chi connectivity index (χ3n) is 7.10. The lowest BCUT2D eigenvalue weighted by Gasteiger charge is -2.26. The Morgan fingerprint density at radius 3 is 2.69 bits per heavy atom. The maximum absolute atomic E-state index is 12.0. The van der Waals surface area contributed by atoms with Crippen molar-refractivity contribution in [2.75, 3.05) is 46.1 Å². The van der Waals surface area contributed by atoms with Crippen molar-refractivity contribution in [1.29, 1.82) is 0 Å². The highest BCUT2D eigenvalue weighted by molar-refractivity contribution is 6.35. The van der Waals surface area contributed by atoms with Crippen LogP contribution in [0.3, 0.4) is 0 Å². The van der Waals surface area contributed by atoms with Gasteiger partial charge in [-0.15, -0.1) is 11.6 Å². The molecule has 0 radical (unpaired) electrons. The van der Waals surface area contributed by atoms with Crippen LogP contribution in [0.5, 0.6) is 5.75 Å². The molecule has 4 rings (SSSR count). The molecule has 196 valence electrons. The first kappa shape index (κ1) is 27.2. The second-order valence-electron chi connectivity index (χ2n) is 9.47. The summed E-state index contributed by atoms with van der Waals surface area (Å²) in [7, 11) is 0. The maximum Gasteiger partial charge on any atom is 0.306 e. The van der Waals surface area contributed by atoms with E-state index in [2.05, 4.69) is 11.0 Å². The molecule has 2 fully saturated rings. The average molecular weight is 536 g/mol. The molecule has 4 atom stereocenters. The first-order valence-corrected chi connectivity index (χ1v) is 13.6. The third-order valence-corrected chi connectivity index (χ3v) is 7.93.